The second-order valence-corrected chi connectivity index (χ2v) is 12.0. The van der Waals surface area contributed by atoms with E-state index in [1.54, 1.807) is 17.7 Å². The first-order chi connectivity index (χ1) is 10.7. The summed E-state index contributed by atoms with van der Waals surface area (Å²) in [5.41, 5.74) is 5.86. The van der Waals surface area contributed by atoms with Crippen molar-refractivity contribution in [2.24, 2.45) is 7.05 Å². The maximum Gasteiger partial charge on any atom is 0.212 e. The Morgan fingerprint density at radius 1 is 1.00 bits per heavy atom. The zero-order chi connectivity index (χ0) is 15.2. The van der Waals surface area contributed by atoms with Crippen LogP contribution in [0.3, 0.4) is 0 Å². The van der Waals surface area contributed by atoms with Crippen LogP contribution in [-0.2, 0) is 13.5 Å². The summed E-state index contributed by atoms with van der Waals surface area (Å²) in [6.45, 7) is 2.23. The molecule has 0 radical (unpaired) electrons. The molecule has 0 atom stereocenters. The number of aromatic nitrogens is 1. The van der Waals surface area contributed by atoms with Crippen molar-refractivity contribution in [1.29, 1.82) is 0 Å². The first-order valence-corrected chi connectivity index (χ1v) is 11.4. The molecule has 1 saturated heterocycles. The first-order valence-electron chi connectivity index (χ1n) is 8.79. The predicted octanol–water partition coefficient (Wildman–Crippen LogP) is 3.88. The number of pyridine rings is 1. The number of aryl methyl sites for hydroxylation is 3. The van der Waals surface area contributed by atoms with Crippen LogP contribution in [0.4, 0.5) is 0 Å². The normalized spacial score (nSPS) is 19.4. The average molecular weight is 309 g/mol. The van der Waals surface area contributed by atoms with Gasteiger partial charge in [-0.2, -0.15) is 0 Å². The van der Waals surface area contributed by atoms with E-state index in [4.69, 9.17) is 0 Å². The van der Waals surface area contributed by atoms with Gasteiger partial charge in [-0.3, -0.25) is 0 Å². The van der Waals surface area contributed by atoms with Crippen LogP contribution in [0.15, 0.2) is 36.5 Å². The van der Waals surface area contributed by atoms with Gasteiger partial charge in [0.25, 0.3) is 0 Å². The third kappa shape index (κ3) is 2.16. The number of hydrogen-bond acceptors (Lipinski definition) is 0. The fourth-order valence-electron chi connectivity index (χ4n) is 4.78. The van der Waals surface area contributed by atoms with Crippen molar-refractivity contribution in [3.05, 3.63) is 47.7 Å². The molecule has 22 heavy (non-hydrogen) atoms. The van der Waals surface area contributed by atoms with Gasteiger partial charge in [0.2, 0.25) is 5.69 Å². The molecule has 2 aromatic rings. The van der Waals surface area contributed by atoms with E-state index in [-0.39, 0.29) is 0 Å². The molecule has 2 aliphatic rings. The molecule has 0 aliphatic carbocycles. The summed E-state index contributed by atoms with van der Waals surface area (Å²) in [5.74, 6) is 0. The van der Waals surface area contributed by atoms with Gasteiger partial charge in [-0.15, -0.1) is 0 Å². The van der Waals surface area contributed by atoms with E-state index in [0.29, 0.717) is 0 Å². The molecule has 4 rings (SSSR count). The molecule has 114 valence electrons. The molecule has 0 unspecified atom stereocenters. The van der Waals surface area contributed by atoms with Crippen LogP contribution in [0.1, 0.15) is 30.4 Å². The highest BCUT2D eigenvalue weighted by Gasteiger charge is 2.43. The maximum atomic E-state index is 2.59. The van der Waals surface area contributed by atoms with Gasteiger partial charge < -0.3 is 0 Å². The molecule has 0 bridgehead atoms. The lowest BCUT2D eigenvalue weighted by Gasteiger charge is -2.32. The molecule has 0 amide bonds. The Morgan fingerprint density at radius 2 is 1.77 bits per heavy atom. The van der Waals surface area contributed by atoms with Crippen LogP contribution in [0.5, 0.6) is 0 Å². The van der Waals surface area contributed by atoms with Crippen molar-refractivity contribution in [2.75, 3.05) is 0 Å². The number of fused-ring (bicyclic) bond motifs is 2. The van der Waals surface area contributed by atoms with E-state index in [9.17, 15) is 0 Å². The van der Waals surface area contributed by atoms with Crippen LogP contribution in [0, 0.1) is 6.92 Å². The molecule has 2 heteroatoms. The van der Waals surface area contributed by atoms with Gasteiger partial charge in [0.15, 0.2) is 6.20 Å². The van der Waals surface area contributed by atoms with Gasteiger partial charge in [0.05, 0.1) is 8.07 Å². The SMILES string of the molecule is Cc1ccccc1-c1cc2c(c[n+]1C)CC[Si]21CCCCC1. The van der Waals surface area contributed by atoms with Crippen molar-refractivity contribution in [3.8, 4) is 11.3 Å². The molecule has 1 aromatic carbocycles. The fourth-order valence-corrected chi connectivity index (χ4v) is 10.3. The number of rotatable bonds is 1. The Labute approximate surface area is 135 Å². The van der Waals surface area contributed by atoms with Crippen LogP contribution in [0.2, 0.25) is 18.1 Å². The Kier molecular flexibility index (Phi) is 3.45. The molecule has 0 saturated carbocycles. The van der Waals surface area contributed by atoms with E-state index in [0.717, 1.165) is 0 Å². The van der Waals surface area contributed by atoms with Gasteiger partial charge in [-0.25, -0.2) is 4.57 Å². The molecule has 1 spiro atoms. The lowest BCUT2D eigenvalue weighted by atomic mass is 10.0. The molecule has 0 N–H and O–H groups in total. The van der Waals surface area contributed by atoms with Crippen molar-refractivity contribution in [3.63, 3.8) is 0 Å². The highest BCUT2D eigenvalue weighted by molar-refractivity contribution is 6.93. The summed E-state index contributed by atoms with van der Waals surface area (Å²) >= 11 is 0. The van der Waals surface area contributed by atoms with Crippen LogP contribution in [-0.4, -0.2) is 8.07 Å². The largest absolute Gasteiger partial charge is 0.212 e. The van der Waals surface area contributed by atoms with Gasteiger partial charge >= 0.3 is 0 Å². The molecular weight excluding hydrogens is 282 g/mol. The van der Waals surface area contributed by atoms with Crippen molar-refractivity contribution in [2.45, 2.75) is 50.7 Å². The van der Waals surface area contributed by atoms with Crippen LogP contribution < -0.4 is 9.75 Å². The number of hydrogen-bond donors (Lipinski definition) is 0. The summed E-state index contributed by atoms with van der Waals surface area (Å²) in [5, 5.41) is 1.81. The topological polar surface area (TPSA) is 3.88 Å². The summed E-state index contributed by atoms with van der Waals surface area (Å²) in [4.78, 5) is 0. The standard InChI is InChI=1S/C20H26NSi/c1-16-8-4-5-9-18(16)19-14-20-17(15-21(19)2)10-13-22(20)11-6-3-7-12-22/h4-5,8-9,14-15H,3,6-7,10-13H2,1-2H3/q+1. The maximum absolute atomic E-state index is 2.59. The molecular formula is C20H26NSi+. The molecule has 1 nitrogen and oxygen atoms in total. The third-order valence-corrected chi connectivity index (χ3v) is 11.5. The lowest BCUT2D eigenvalue weighted by molar-refractivity contribution is -0.660. The Hall–Kier alpha value is -1.41. The van der Waals surface area contributed by atoms with Crippen molar-refractivity contribution in [1.82, 2.24) is 0 Å². The summed E-state index contributed by atoms with van der Waals surface area (Å²) < 4.78 is 2.36. The second kappa shape index (κ2) is 5.34. The monoisotopic (exact) mass is 308 g/mol. The molecule has 1 fully saturated rings. The van der Waals surface area contributed by atoms with E-state index < -0.39 is 8.07 Å². The number of nitrogens with zero attached hydrogens (tertiary/aromatic N) is 1. The van der Waals surface area contributed by atoms with E-state index in [2.05, 4.69) is 55.1 Å². The minimum atomic E-state index is -1.16. The Bertz CT molecular complexity index is 714. The Balaban J connectivity index is 1.86. The zero-order valence-corrected chi connectivity index (χ0v) is 14.9. The van der Waals surface area contributed by atoms with Gasteiger partial charge in [0, 0.05) is 17.2 Å². The minimum absolute atomic E-state index is 1.16. The van der Waals surface area contributed by atoms with Gasteiger partial charge in [-0.1, -0.05) is 49.5 Å². The molecule has 1 aromatic heterocycles. The fraction of sp³-hybridized carbons (Fsp3) is 0.450. The highest BCUT2D eigenvalue weighted by atomic mass is 28.3. The molecule has 2 aliphatic heterocycles. The van der Waals surface area contributed by atoms with Crippen molar-refractivity contribution < 1.29 is 4.57 Å². The zero-order valence-electron chi connectivity index (χ0n) is 13.9. The third-order valence-electron chi connectivity index (χ3n) is 6.03. The van der Waals surface area contributed by atoms with Crippen molar-refractivity contribution >= 4 is 13.3 Å². The lowest BCUT2D eigenvalue weighted by Crippen LogP contribution is -2.48. The smallest absolute Gasteiger partial charge is 0.201 e. The quantitative estimate of drug-likeness (QED) is 0.556. The molecule has 3 heterocycles. The summed E-state index contributed by atoms with van der Waals surface area (Å²) in [6.07, 6.45) is 8.20. The van der Waals surface area contributed by atoms with Crippen LogP contribution in [0.25, 0.3) is 11.3 Å². The minimum Gasteiger partial charge on any atom is -0.201 e. The van der Waals surface area contributed by atoms with E-state index in [1.165, 1.54) is 48.5 Å². The van der Waals surface area contributed by atoms with E-state index >= 15 is 0 Å². The van der Waals surface area contributed by atoms with Gasteiger partial charge in [-0.05, 0) is 36.2 Å². The van der Waals surface area contributed by atoms with Gasteiger partial charge in [0.1, 0.15) is 7.05 Å². The van der Waals surface area contributed by atoms with E-state index in [1.807, 2.05) is 5.19 Å². The Morgan fingerprint density at radius 3 is 2.55 bits per heavy atom. The predicted molar refractivity (Wildman–Crippen MR) is 95.2 cm³/mol. The highest BCUT2D eigenvalue weighted by Crippen LogP contribution is 2.37. The second-order valence-electron chi connectivity index (χ2n) is 7.36. The summed E-state index contributed by atoms with van der Waals surface area (Å²) in [6, 6.07) is 16.0. The number of benzene rings is 1. The average Bonchev–Trinajstić information content (AvgIpc) is 2.86. The van der Waals surface area contributed by atoms with Crippen LogP contribution >= 0.6 is 0 Å². The first kappa shape index (κ1) is 14.2. The summed E-state index contributed by atoms with van der Waals surface area (Å²) in [7, 11) is 1.06.